The summed E-state index contributed by atoms with van der Waals surface area (Å²) in [7, 11) is 1.64. The summed E-state index contributed by atoms with van der Waals surface area (Å²) in [5.74, 6) is 2.06. The minimum Gasteiger partial charge on any atom is -0.495 e. The minimum absolute atomic E-state index is 0.626. The number of halogens is 1. The third-order valence-electron chi connectivity index (χ3n) is 5.33. The van der Waals surface area contributed by atoms with Gasteiger partial charge in [0.2, 0.25) is 0 Å². The lowest BCUT2D eigenvalue weighted by Crippen LogP contribution is -2.24. The van der Waals surface area contributed by atoms with Gasteiger partial charge in [-0.3, -0.25) is 4.98 Å². The third-order valence-corrected chi connectivity index (χ3v) is 5.64. The molecule has 1 aromatic heterocycles. The van der Waals surface area contributed by atoms with Crippen LogP contribution in [0.3, 0.4) is 0 Å². The molecule has 0 radical (unpaired) electrons. The zero-order chi connectivity index (χ0) is 16.0. The van der Waals surface area contributed by atoms with Gasteiger partial charge in [-0.25, -0.2) is 0 Å². The monoisotopic (exact) mass is 328 g/mol. The number of aromatic nitrogens is 1. The van der Waals surface area contributed by atoms with Crippen molar-refractivity contribution in [3.8, 4) is 5.75 Å². The average Bonchev–Trinajstić information content (AvgIpc) is 2.59. The van der Waals surface area contributed by atoms with E-state index in [9.17, 15) is 0 Å². The summed E-state index contributed by atoms with van der Waals surface area (Å²) < 4.78 is 5.32. The molecule has 1 fully saturated rings. The van der Waals surface area contributed by atoms with Crippen molar-refractivity contribution < 1.29 is 4.74 Å². The number of pyridine rings is 1. The molecule has 0 atom stereocenters. The van der Waals surface area contributed by atoms with E-state index in [0.29, 0.717) is 22.6 Å². The van der Waals surface area contributed by atoms with Gasteiger partial charge in [-0.15, -0.1) is 0 Å². The van der Waals surface area contributed by atoms with Crippen LogP contribution < -0.4 is 10.1 Å². The Labute approximate surface area is 142 Å². The van der Waals surface area contributed by atoms with Crippen molar-refractivity contribution in [3.05, 3.63) is 46.2 Å². The van der Waals surface area contributed by atoms with Crippen LogP contribution >= 0.6 is 11.6 Å². The number of aryl methyl sites for hydroxylation is 1. The highest BCUT2D eigenvalue weighted by Gasteiger charge is 2.36. The molecule has 2 aromatic rings. The molecule has 0 spiro atoms. The van der Waals surface area contributed by atoms with E-state index in [-0.39, 0.29) is 0 Å². The van der Waals surface area contributed by atoms with Crippen molar-refractivity contribution in [1.82, 2.24) is 4.98 Å². The largest absolute Gasteiger partial charge is 0.495 e. The van der Waals surface area contributed by atoms with Crippen molar-refractivity contribution in [2.45, 2.75) is 44.4 Å². The molecular weight excluding hydrogens is 308 g/mol. The number of anilines is 2. The van der Waals surface area contributed by atoms with E-state index < -0.39 is 0 Å². The van der Waals surface area contributed by atoms with Gasteiger partial charge in [0.05, 0.1) is 24.0 Å². The molecule has 4 heteroatoms. The average molecular weight is 329 g/mol. The lowest BCUT2D eigenvalue weighted by Gasteiger charge is -2.40. The number of fused-ring (bicyclic) bond motifs is 2. The second-order valence-electron chi connectivity index (χ2n) is 6.61. The number of nitrogens with one attached hydrogen (secondary N) is 1. The number of ether oxygens (including phenoxy) is 1. The summed E-state index contributed by atoms with van der Waals surface area (Å²) >= 11 is 6.12. The summed E-state index contributed by atoms with van der Waals surface area (Å²) in [5.41, 5.74) is 6.32. The smallest absolute Gasteiger partial charge is 0.139 e. The number of rotatable bonds is 3. The normalized spacial score (nSPS) is 21.9. The number of benzene rings is 1. The standard InChI is InChI=1S/C19H21ClN2O/c1-11-18-12-3-5-13(6-4-12)19(18)16(10-21-11)22-14-7-8-15(20)17(9-14)23-2/h7-10,12-13,22H,3-6H2,1-2H3. The summed E-state index contributed by atoms with van der Waals surface area (Å²) in [4.78, 5) is 4.65. The Morgan fingerprint density at radius 1 is 1.13 bits per heavy atom. The quantitative estimate of drug-likeness (QED) is 0.802. The highest BCUT2D eigenvalue weighted by Crippen LogP contribution is 2.52. The lowest BCUT2D eigenvalue weighted by molar-refractivity contribution is 0.357. The van der Waals surface area contributed by atoms with E-state index >= 15 is 0 Å². The van der Waals surface area contributed by atoms with E-state index in [2.05, 4.69) is 17.2 Å². The molecule has 3 aliphatic carbocycles. The molecule has 1 saturated carbocycles. The van der Waals surface area contributed by atoms with Gasteiger partial charge in [0, 0.05) is 17.4 Å². The van der Waals surface area contributed by atoms with E-state index in [1.165, 1.54) is 42.5 Å². The summed E-state index contributed by atoms with van der Waals surface area (Å²) in [6.45, 7) is 2.15. The van der Waals surface area contributed by atoms with Gasteiger partial charge in [0.15, 0.2) is 0 Å². The van der Waals surface area contributed by atoms with Crippen LogP contribution in [0.2, 0.25) is 5.02 Å². The molecule has 120 valence electrons. The number of hydrogen-bond acceptors (Lipinski definition) is 3. The Hall–Kier alpha value is -1.74. The fraction of sp³-hybridized carbons (Fsp3) is 0.421. The fourth-order valence-corrected chi connectivity index (χ4v) is 4.45. The van der Waals surface area contributed by atoms with Gasteiger partial charge in [-0.1, -0.05) is 11.6 Å². The third kappa shape index (κ3) is 2.47. The van der Waals surface area contributed by atoms with Crippen LogP contribution in [0, 0.1) is 6.92 Å². The van der Waals surface area contributed by atoms with Gasteiger partial charge < -0.3 is 10.1 Å². The molecule has 2 bridgehead atoms. The first-order valence-corrected chi connectivity index (χ1v) is 8.65. The maximum Gasteiger partial charge on any atom is 0.139 e. The second kappa shape index (κ2) is 5.72. The van der Waals surface area contributed by atoms with Crippen molar-refractivity contribution in [2.75, 3.05) is 12.4 Å². The predicted octanol–water partition coefficient (Wildman–Crippen LogP) is 5.55. The van der Waals surface area contributed by atoms with Crippen LogP contribution in [-0.4, -0.2) is 12.1 Å². The highest BCUT2D eigenvalue weighted by molar-refractivity contribution is 6.32. The Kier molecular flexibility index (Phi) is 3.68. The topological polar surface area (TPSA) is 34.1 Å². The maximum absolute atomic E-state index is 6.12. The predicted molar refractivity (Wildman–Crippen MR) is 94.2 cm³/mol. The van der Waals surface area contributed by atoms with E-state index in [1.807, 2.05) is 24.4 Å². The molecule has 3 nitrogen and oxygen atoms in total. The molecule has 5 rings (SSSR count). The van der Waals surface area contributed by atoms with Crippen LogP contribution in [-0.2, 0) is 0 Å². The van der Waals surface area contributed by atoms with Gasteiger partial charge in [0.25, 0.3) is 0 Å². The maximum atomic E-state index is 6.12. The molecule has 3 aliphatic rings. The lowest BCUT2D eigenvalue weighted by atomic mass is 9.66. The number of nitrogens with zero attached hydrogens (tertiary/aromatic N) is 1. The SMILES string of the molecule is COc1cc(Nc2cnc(C)c3c2C2CCC3CC2)ccc1Cl. The summed E-state index contributed by atoms with van der Waals surface area (Å²) in [6, 6.07) is 5.79. The first kappa shape index (κ1) is 14.8. The van der Waals surface area contributed by atoms with Gasteiger partial charge >= 0.3 is 0 Å². The first-order chi connectivity index (χ1) is 11.2. The van der Waals surface area contributed by atoms with Crippen molar-refractivity contribution >= 4 is 23.0 Å². The van der Waals surface area contributed by atoms with E-state index in [0.717, 1.165) is 11.4 Å². The minimum atomic E-state index is 0.626. The Bertz CT molecular complexity index is 751. The van der Waals surface area contributed by atoms with E-state index in [1.54, 1.807) is 7.11 Å². The molecule has 1 aromatic carbocycles. The van der Waals surface area contributed by atoms with Gasteiger partial charge in [-0.05, 0) is 67.7 Å². The molecule has 0 saturated heterocycles. The Morgan fingerprint density at radius 2 is 1.83 bits per heavy atom. The summed E-state index contributed by atoms with van der Waals surface area (Å²) in [5, 5.41) is 4.17. The zero-order valence-electron chi connectivity index (χ0n) is 13.5. The van der Waals surface area contributed by atoms with Crippen LogP contribution in [0.15, 0.2) is 24.4 Å². The van der Waals surface area contributed by atoms with Crippen LogP contribution in [0.4, 0.5) is 11.4 Å². The summed E-state index contributed by atoms with van der Waals surface area (Å²) in [6.07, 6.45) is 7.23. The second-order valence-corrected chi connectivity index (χ2v) is 7.01. The van der Waals surface area contributed by atoms with Crippen molar-refractivity contribution in [1.29, 1.82) is 0 Å². The highest BCUT2D eigenvalue weighted by atomic mass is 35.5. The molecule has 1 heterocycles. The Balaban J connectivity index is 1.75. The zero-order valence-corrected chi connectivity index (χ0v) is 14.3. The van der Waals surface area contributed by atoms with Crippen LogP contribution in [0.1, 0.15) is 54.3 Å². The molecule has 0 unspecified atom stereocenters. The molecule has 1 N–H and O–H groups in total. The number of methoxy groups -OCH3 is 1. The van der Waals surface area contributed by atoms with Crippen LogP contribution in [0.5, 0.6) is 5.75 Å². The van der Waals surface area contributed by atoms with Gasteiger partial charge in [-0.2, -0.15) is 0 Å². The molecule has 0 amide bonds. The van der Waals surface area contributed by atoms with Crippen molar-refractivity contribution in [3.63, 3.8) is 0 Å². The molecule has 23 heavy (non-hydrogen) atoms. The van der Waals surface area contributed by atoms with Crippen LogP contribution in [0.25, 0.3) is 0 Å². The van der Waals surface area contributed by atoms with Gasteiger partial charge in [0.1, 0.15) is 5.75 Å². The molecular formula is C19H21ClN2O. The molecule has 0 aliphatic heterocycles. The van der Waals surface area contributed by atoms with Crippen molar-refractivity contribution in [2.24, 2.45) is 0 Å². The van der Waals surface area contributed by atoms with E-state index in [4.69, 9.17) is 16.3 Å². The number of hydrogen-bond donors (Lipinski definition) is 1. The Morgan fingerprint density at radius 3 is 2.52 bits per heavy atom. The first-order valence-electron chi connectivity index (χ1n) is 8.27. The fourth-order valence-electron chi connectivity index (χ4n) is 4.26.